The zero-order chi connectivity index (χ0) is 37.8. The van der Waals surface area contributed by atoms with Crippen molar-refractivity contribution in [3.05, 3.63) is 36.9 Å². The number of ketones is 1. The Balaban J connectivity index is 1.64. The molecule has 0 bridgehead atoms. The van der Waals surface area contributed by atoms with Gasteiger partial charge in [-0.15, -0.1) is 6.58 Å². The van der Waals surface area contributed by atoms with Crippen molar-refractivity contribution in [2.45, 2.75) is 135 Å². The predicted octanol–water partition coefficient (Wildman–Crippen LogP) is 3.64. The normalized spacial score (nSPS) is 22.1. The Morgan fingerprint density at radius 2 is 1.65 bits per heavy atom. The minimum atomic E-state index is -1.05. The number of nitrogens with zero attached hydrogens (tertiary/aromatic N) is 3. The molecular weight excluding hydrogens is 662 g/mol. The van der Waals surface area contributed by atoms with E-state index in [0.717, 1.165) is 64.2 Å². The van der Waals surface area contributed by atoms with E-state index in [1.165, 1.54) is 24.7 Å². The van der Waals surface area contributed by atoms with E-state index in [9.17, 15) is 28.8 Å². The summed E-state index contributed by atoms with van der Waals surface area (Å²) < 4.78 is 0. The summed E-state index contributed by atoms with van der Waals surface area (Å²) in [5, 5.41) is 11.4. The van der Waals surface area contributed by atoms with Gasteiger partial charge in [0, 0.05) is 25.5 Å². The zero-order valence-electron chi connectivity index (χ0n) is 31.5. The SMILES string of the molecule is C=CCNC(=O)C(=O)C(CCC)NC(=O)[C@@H]1[C@@H](C(C)C)CCN1C(=O)[C@@H](NC(=O)[C@@H](NC(=O)c1cnccn1)C1CCCCC1)C1(C)CCCCC1. The summed E-state index contributed by atoms with van der Waals surface area (Å²) in [7, 11) is 0. The Labute approximate surface area is 308 Å². The van der Waals surface area contributed by atoms with E-state index in [2.05, 4.69) is 37.8 Å². The van der Waals surface area contributed by atoms with Gasteiger partial charge >= 0.3 is 0 Å². The van der Waals surface area contributed by atoms with Crippen LogP contribution < -0.4 is 21.3 Å². The molecule has 4 N–H and O–H groups in total. The third-order valence-corrected chi connectivity index (χ3v) is 11.4. The van der Waals surface area contributed by atoms with Crippen LogP contribution in [0.2, 0.25) is 0 Å². The molecule has 4 rings (SSSR count). The molecule has 2 heterocycles. The van der Waals surface area contributed by atoms with Crippen LogP contribution in [0, 0.1) is 23.2 Å². The van der Waals surface area contributed by atoms with Crippen LogP contribution in [-0.4, -0.2) is 87.4 Å². The molecular formula is C39H59N7O6. The zero-order valence-corrected chi connectivity index (χ0v) is 31.5. The summed E-state index contributed by atoms with van der Waals surface area (Å²) in [4.78, 5) is 92.4. The topological polar surface area (TPSA) is 180 Å². The maximum absolute atomic E-state index is 15.0. The molecule has 13 nitrogen and oxygen atoms in total. The van der Waals surface area contributed by atoms with Crippen molar-refractivity contribution in [2.24, 2.45) is 23.2 Å². The maximum Gasteiger partial charge on any atom is 0.289 e. The molecule has 1 aromatic heterocycles. The van der Waals surface area contributed by atoms with Crippen molar-refractivity contribution in [3.8, 4) is 0 Å². The van der Waals surface area contributed by atoms with Gasteiger partial charge in [0.15, 0.2) is 0 Å². The Kier molecular flexibility index (Phi) is 14.9. The Hall–Kier alpha value is -4.16. The van der Waals surface area contributed by atoms with E-state index >= 15 is 0 Å². The van der Waals surface area contributed by atoms with Crippen LogP contribution in [0.15, 0.2) is 31.2 Å². The van der Waals surface area contributed by atoms with Crippen LogP contribution in [0.5, 0.6) is 0 Å². The highest BCUT2D eigenvalue weighted by atomic mass is 16.2. The minimum absolute atomic E-state index is 0.0371. The third kappa shape index (κ3) is 10.0. The van der Waals surface area contributed by atoms with Gasteiger partial charge in [-0.1, -0.05) is 78.7 Å². The van der Waals surface area contributed by atoms with Crippen molar-refractivity contribution >= 4 is 35.3 Å². The van der Waals surface area contributed by atoms with Crippen LogP contribution in [0.3, 0.4) is 0 Å². The first-order chi connectivity index (χ1) is 24.9. The lowest BCUT2D eigenvalue weighted by atomic mass is 9.69. The largest absolute Gasteiger partial charge is 0.346 e. The molecule has 2 aliphatic carbocycles. The average molecular weight is 722 g/mol. The van der Waals surface area contributed by atoms with E-state index in [0.29, 0.717) is 19.4 Å². The van der Waals surface area contributed by atoms with E-state index in [-0.39, 0.29) is 42.3 Å². The van der Waals surface area contributed by atoms with Crippen molar-refractivity contribution in [3.63, 3.8) is 0 Å². The van der Waals surface area contributed by atoms with Crippen LogP contribution in [-0.2, 0) is 24.0 Å². The smallest absolute Gasteiger partial charge is 0.289 e. The number of nitrogens with one attached hydrogen (secondary N) is 4. The first-order valence-corrected chi connectivity index (χ1v) is 19.3. The molecule has 0 aromatic carbocycles. The summed E-state index contributed by atoms with van der Waals surface area (Å²) in [5.41, 5.74) is -0.482. The molecule has 0 radical (unpaired) electrons. The number of likely N-dealkylation sites (tertiary alicyclic amines) is 1. The first kappa shape index (κ1) is 40.6. The lowest BCUT2D eigenvalue weighted by molar-refractivity contribution is -0.147. The number of hydrogen-bond acceptors (Lipinski definition) is 8. The molecule has 286 valence electrons. The second kappa shape index (κ2) is 19.1. The highest BCUT2D eigenvalue weighted by Crippen LogP contribution is 2.41. The van der Waals surface area contributed by atoms with Crippen molar-refractivity contribution in [1.82, 2.24) is 36.1 Å². The van der Waals surface area contributed by atoms with Gasteiger partial charge in [-0.05, 0) is 61.7 Å². The van der Waals surface area contributed by atoms with E-state index in [1.807, 2.05) is 27.7 Å². The van der Waals surface area contributed by atoms with Crippen LogP contribution in [0.25, 0.3) is 0 Å². The van der Waals surface area contributed by atoms with Gasteiger partial charge in [0.05, 0.1) is 12.2 Å². The average Bonchev–Trinajstić information content (AvgIpc) is 3.61. The lowest BCUT2D eigenvalue weighted by Gasteiger charge is -2.43. The standard InChI is InChI=1S/C39H59N7O6/c1-6-14-28(32(47)37(51)42-20-7-2)43-36(50)31-27(25(3)4)17-23-46(31)38(52)33(39(5)18-12-9-13-19-39)45-35(49)30(26-15-10-8-11-16-26)44-34(48)29-24-40-21-22-41-29/h7,21-22,24-28,30-31,33H,2,6,8-20,23H2,1,3-5H3,(H,42,51)(H,43,50)(H,44,48)(H,45,49)/t27-,28?,30+,31+,33-/m1/s1. The molecule has 5 atom stereocenters. The fourth-order valence-electron chi connectivity index (χ4n) is 8.40. The number of hydrogen-bond donors (Lipinski definition) is 4. The van der Waals surface area contributed by atoms with E-state index in [4.69, 9.17) is 0 Å². The highest BCUT2D eigenvalue weighted by Gasteiger charge is 2.50. The molecule has 2 saturated carbocycles. The Morgan fingerprint density at radius 1 is 0.962 bits per heavy atom. The van der Waals surface area contributed by atoms with Crippen LogP contribution in [0.1, 0.15) is 122 Å². The molecule has 3 aliphatic rings. The van der Waals surface area contributed by atoms with Crippen LogP contribution in [0.4, 0.5) is 0 Å². The van der Waals surface area contributed by atoms with Gasteiger partial charge in [0.25, 0.3) is 11.8 Å². The number of aromatic nitrogens is 2. The molecule has 5 amide bonds. The minimum Gasteiger partial charge on any atom is -0.346 e. The molecule has 0 spiro atoms. The lowest BCUT2D eigenvalue weighted by Crippen LogP contribution is -2.63. The fraction of sp³-hybridized carbons (Fsp3) is 0.692. The van der Waals surface area contributed by atoms with Crippen LogP contribution >= 0.6 is 0 Å². The summed E-state index contributed by atoms with van der Waals surface area (Å²) in [6, 6.07) is -3.77. The Morgan fingerprint density at radius 3 is 2.27 bits per heavy atom. The van der Waals surface area contributed by atoms with Gasteiger partial charge < -0.3 is 26.2 Å². The number of Topliss-reactive ketones (excluding diaryl/α,β-unsaturated/α-hetero) is 1. The number of carbonyl (C=O) groups is 6. The summed E-state index contributed by atoms with van der Waals surface area (Å²) in [6.45, 7) is 11.9. The summed E-state index contributed by atoms with van der Waals surface area (Å²) in [5.74, 6) is -3.57. The van der Waals surface area contributed by atoms with Gasteiger partial charge in [-0.3, -0.25) is 33.8 Å². The molecule has 3 fully saturated rings. The summed E-state index contributed by atoms with van der Waals surface area (Å²) >= 11 is 0. The molecule has 13 heteroatoms. The number of carbonyl (C=O) groups excluding carboxylic acids is 6. The molecule has 1 aromatic rings. The van der Waals surface area contributed by atoms with Crippen molar-refractivity contribution < 1.29 is 28.8 Å². The number of rotatable bonds is 16. The van der Waals surface area contributed by atoms with Gasteiger partial charge in [0.1, 0.15) is 23.8 Å². The molecule has 1 aliphatic heterocycles. The monoisotopic (exact) mass is 721 g/mol. The highest BCUT2D eigenvalue weighted by molar-refractivity contribution is 6.38. The van der Waals surface area contributed by atoms with Crippen molar-refractivity contribution in [1.29, 1.82) is 0 Å². The second-order valence-corrected chi connectivity index (χ2v) is 15.5. The predicted molar refractivity (Wildman–Crippen MR) is 196 cm³/mol. The number of amides is 5. The molecule has 52 heavy (non-hydrogen) atoms. The Bertz CT molecular complexity index is 1420. The molecule has 1 unspecified atom stereocenters. The van der Waals surface area contributed by atoms with E-state index in [1.54, 1.807) is 4.90 Å². The third-order valence-electron chi connectivity index (χ3n) is 11.4. The summed E-state index contributed by atoms with van der Waals surface area (Å²) in [6.07, 6.45) is 15.8. The second-order valence-electron chi connectivity index (χ2n) is 15.5. The first-order valence-electron chi connectivity index (χ1n) is 19.3. The van der Waals surface area contributed by atoms with E-state index < -0.39 is 59.0 Å². The van der Waals surface area contributed by atoms with Gasteiger partial charge in [0.2, 0.25) is 23.5 Å². The quantitative estimate of drug-likeness (QED) is 0.148. The molecule has 1 saturated heterocycles. The maximum atomic E-state index is 15.0. The fourth-order valence-corrected chi connectivity index (χ4v) is 8.40. The van der Waals surface area contributed by atoms with Gasteiger partial charge in [-0.25, -0.2) is 4.98 Å². The van der Waals surface area contributed by atoms with Crippen molar-refractivity contribution in [2.75, 3.05) is 13.1 Å². The van der Waals surface area contributed by atoms with Gasteiger partial charge in [-0.2, -0.15) is 0 Å².